The van der Waals surface area contributed by atoms with E-state index in [-0.39, 0.29) is 11.9 Å². The van der Waals surface area contributed by atoms with Gasteiger partial charge in [-0.25, -0.2) is 0 Å². The zero-order valence-corrected chi connectivity index (χ0v) is 14.0. The van der Waals surface area contributed by atoms with Crippen LogP contribution in [-0.2, 0) is 11.3 Å². The Bertz CT molecular complexity index is 668. The molecule has 0 saturated heterocycles. The van der Waals surface area contributed by atoms with Gasteiger partial charge in [0.15, 0.2) is 0 Å². The lowest BCUT2D eigenvalue weighted by Crippen LogP contribution is -2.24. The largest absolute Gasteiger partial charge is 0.426 e. The van der Waals surface area contributed by atoms with E-state index in [1.54, 1.807) is 24.3 Å². The number of hydrogen-bond donors (Lipinski definition) is 1. The number of carbonyl (C=O) groups excluding carboxylic acids is 2. The zero-order valence-electron chi connectivity index (χ0n) is 14.0. The summed E-state index contributed by atoms with van der Waals surface area (Å²) in [5.41, 5.74) is 1.39. The molecule has 4 nitrogen and oxygen atoms in total. The standard InChI is InChI=1S/C20H23NO3/c1-2-3-5-14-19(22)24-18-13-9-8-12-17(18)20(23)21-15-16-10-6-4-7-11-16/h4,6-13H,2-3,5,14-15H2,1H3,(H,21,23). The van der Waals surface area contributed by atoms with Gasteiger partial charge in [0.1, 0.15) is 5.75 Å². The number of hydrogen-bond acceptors (Lipinski definition) is 3. The van der Waals surface area contributed by atoms with Gasteiger partial charge in [-0.2, -0.15) is 0 Å². The van der Waals surface area contributed by atoms with E-state index in [2.05, 4.69) is 12.2 Å². The number of unbranched alkanes of at least 4 members (excludes halogenated alkanes) is 2. The van der Waals surface area contributed by atoms with Crippen LogP contribution < -0.4 is 10.1 Å². The fourth-order valence-corrected chi connectivity index (χ4v) is 2.31. The predicted molar refractivity (Wildman–Crippen MR) is 93.8 cm³/mol. The van der Waals surface area contributed by atoms with Crippen LogP contribution >= 0.6 is 0 Å². The Hall–Kier alpha value is -2.62. The Labute approximate surface area is 142 Å². The highest BCUT2D eigenvalue weighted by Crippen LogP contribution is 2.19. The summed E-state index contributed by atoms with van der Waals surface area (Å²) in [5, 5.41) is 2.85. The second kappa shape index (κ2) is 9.50. The first kappa shape index (κ1) is 17.7. The van der Waals surface area contributed by atoms with E-state index in [1.165, 1.54) is 0 Å². The van der Waals surface area contributed by atoms with Gasteiger partial charge in [-0.1, -0.05) is 62.2 Å². The lowest BCUT2D eigenvalue weighted by Gasteiger charge is -2.10. The molecule has 1 N–H and O–H groups in total. The lowest BCUT2D eigenvalue weighted by atomic mass is 10.1. The number of ether oxygens (including phenoxy) is 1. The number of benzene rings is 2. The van der Waals surface area contributed by atoms with Crippen LogP contribution in [0.25, 0.3) is 0 Å². The monoisotopic (exact) mass is 325 g/mol. The molecule has 2 aromatic rings. The Morgan fingerprint density at radius 2 is 1.67 bits per heavy atom. The molecule has 2 aromatic carbocycles. The Balaban J connectivity index is 1.97. The molecule has 1 amide bonds. The van der Waals surface area contributed by atoms with E-state index in [4.69, 9.17) is 4.74 Å². The number of amides is 1. The van der Waals surface area contributed by atoms with Gasteiger partial charge >= 0.3 is 5.97 Å². The molecule has 24 heavy (non-hydrogen) atoms. The summed E-state index contributed by atoms with van der Waals surface area (Å²) >= 11 is 0. The van der Waals surface area contributed by atoms with Gasteiger partial charge in [0, 0.05) is 13.0 Å². The molecule has 126 valence electrons. The highest BCUT2D eigenvalue weighted by Gasteiger charge is 2.14. The highest BCUT2D eigenvalue weighted by atomic mass is 16.5. The third-order valence-electron chi connectivity index (χ3n) is 3.64. The number of carbonyl (C=O) groups is 2. The van der Waals surface area contributed by atoms with Crippen molar-refractivity contribution in [3.8, 4) is 5.75 Å². The van der Waals surface area contributed by atoms with Gasteiger partial charge in [-0.3, -0.25) is 9.59 Å². The summed E-state index contributed by atoms with van der Waals surface area (Å²) in [4.78, 5) is 24.3. The summed E-state index contributed by atoms with van der Waals surface area (Å²) in [6, 6.07) is 16.5. The first-order valence-corrected chi connectivity index (χ1v) is 8.32. The second-order valence-corrected chi connectivity index (χ2v) is 5.60. The third kappa shape index (κ3) is 5.54. The van der Waals surface area contributed by atoms with Crippen LogP contribution in [0.15, 0.2) is 54.6 Å². The molecule has 0 fully saturated rings. The number of nitrogens with one attached hydrogen (secondary N) is 1. The Morgan fingerprint density at radius 1 is 0.958 bits per heavy atom. The van der Waals surface area contributed by atoms with E-state index in [0.29, 0.717) is 24.3 Å². The molecular formula is C20H23NO3. The van der Waals surface area contributed by atoms with E-state index >= 15 is 0 Å². The minimum Gasteiger partial charge on any atom is -0.426 e. The van der Waals surface area contributed by atoms with E-state index in [9.17, 15) is 9.59 Å². The molecule has 0 aliphatic heterocycles. The van der Waals surface area contributed by atoms with Crippen molar-refractivity contribution in [3.05, 3.63) is 65.7 Å². The summed E-state index contributed by atoms with van der Waals surface area (Å²) < 4.78 is 5.37. The molecule has 0 spiro atoms. The molecule has 0 aliphatic carbocycles. The van der Waals surface area contributed by atoms with Crippen molar-refractivity contribution in [3.63, 3.8) is 0 Å². The average molecular weight is 325 g/mol. The summed E-state index contributed by atoms with van der Waals surface area (Å²) in [6.07, 6.45) is 3.21. The molecule has 4 heteroatoms. The van der Waals surface area contributed by atoms with Crippen molar-refractivity contribution in [2.45, 2.75) is 39.2 Å². The van der Waals surface area contributed by atoms with Crippen molar-refractivity contribution >= 4 is 11.9 Å². The summed E-state index contributed by atoms with van der Waals surface area (Å²) in [7, 11) is 0. The molecule has 0 aliphatic rings. The van der Waals surface area contributed by atoms with Crippen LogP contribution in [0.3, 0.4) is 0 Å². The van der Waals surface area contributed by atoms with Crippen molar-refractivity contribution in [2.24, 2.45) is 0 Å². The maximum Gasteiger partial charge on any atom is 0.311 e. The maximum absolute atomic E-state index is 12.4. The molecule has 0 unspecified atom stereocenters. The molecule has 0 aromatic heterocycles. The molecule has 0 bridgehead atoms. The molecule has 0 heterocycles. The highest BCUT2D eigenvalue weighted by molar-refractivity contribution is 5.97. The molecule has 0 atom stereocenters. The SMILES string of the molecule is CCCCCC(=O)Oc1ccccc1C(=O)NCc1ccccc1. The smallest absolute Gasteiger partial charge is 0.311 e. The van der Waals surface area contributed by atoms with E-state index in [0.717, 1.165) is 24.8 Å². The van der Waals surface area contributed by atoms with Gasteiger partial charge in [0.05, 0.1) is 5.56 Å². The van der Waals surface area contributed by atoms with Gasteiger partial charge in [0.2, 0.25) is 0 Å². The minimum absolute atomic E-state index is 0.254. The van der Waals surface area contributed by atoms with E-state index in [1.807, 2.05) is 30.3 Å². The van der Waals surface area contributed by atoms with Crippen molar-refractivity contribution in [2.75, 3.05) is 0 Å². The maximum atomic E-state index is 12.4. The predicted octanol–water partition coefficient (Wildman–Crippen LogP) is 4.10. The average Bonchev–Trinajstić information content (AvgIpc) is 2.61. The Kier molecular flexibility index (Phi) is 7.02. The van der Waals surface area contributed by atoms with Crippen LogP contribution in [0.5, 0.6) is 5.75 Å². The van der Waals surface area contributed by atoms with Crippen molar-refractivity contribution in [1.82, 2.24) is 5.32 Å². The second-order valence-electron chi connectivity index (χ2n) is 5.60. The van der Waals surface area contributed by atoms with Crippen LogP contribution in [0.2, 0.25) is 0 Å². The van der Waals surface area contributed by atoms with Crippen LogP contribution in [0.1, 0.15) is 48.5 Å². The van der Waals surface area contributed by atoms with Gasteiger partial charge < -0.3 is 10.1 Å². The molecular weight excluding hydrogens is 302 g/mol. The van der Waals surface area contributed by atoms with E-state index < -0.39 is 0 Å². The van der Waals surface area contributed by atoms with Gasteiger partial charge in [0.25, 0.3) is 5.91 Å². The van der Waals surface area contributed by atoms with Crippen LogP contribution in [0.4, 0.5) is 0 Å². The minimum atomic E-state index is -0.299. The quantitative estimate of drug-likeness (QED) is 0.451. The molecule has 2 rings (SSSR count). The molecule has 0 radical (unpaired) electrons. The summed E-state index contributed by atoms with van der Waals surface area (Å²) in [6.45, 7) is 2.51. The fourth-order valence-electron chi connectivity index (χ4n) is 2.31. The summed E-state index contributed by atoms with van der Waals surface area (Å²) in [5.74, 6) is -0.243. The normalized spacial score (nSPS) is 10.2. The van der Waals surface area contributed by atoms with Gasteiger partial charge in [-0.05, 0) is 24.1 Å². The molecule has 0 saturated carbocycles. The number of rotatable bonds is 8. The topological polar surface area (TPSA) is 55.4 Å². The van der Waals surface area contributed by atoms with Crippen LogP contribution in [-0.4, -0.2) is 11.9 Å². The van der Waals surface area contributed by atoms with Gasteiger partial charge in [-0.15, -0.1) is 0 Å². The lowest BCUT2D eigenvalue weighted by molar-refractivity contribution is -0.134. The first-order chi connectivity index (χ1) is 11.7. The fraction of sp³-hybridized carbons (Fsp3) is 0.300. The first-order valence-electron chi connectivity index (χ1n) is 8.32. The Morgan fingerprint density at radius 3 is 2.42 bits per heavy atom. The third-order valence-corrected chi connectivity index (χ3v) is 3.64. The number of esters is 1. The van der Waals surface area contributed by atoms with Crippen molar-refractivity contribution < 1.29 is 14.3 Å². The number of para-hydroxylation sites is 1. The van der Waals surface area contributed by atoms with Crippen LogP contribution in [0, 0.1) is 0 Å². The zero-order chi connectivity index (χ0) is 17.2. The van der Waals surface area contributed by atoms with Crippen molar-refractivity contribution in [1.29, 1.82) is 0 Å².